The first-order valence-electron chi connectivity index (χ1n) is 32.7. The van der Waals surface area contributed by atoms with Gasteiger partial charge in [-0.15, -0.1) is 0 Å². The van der Waals surface area contributed by atoms with E-state index in [9.17, 15) is 0 Å². The second-order valence-electron chi connectivity index (χ2n) is 25.3. The molecular formula is C88H52N8. The standard InChI is InChI=1S/C88H52N8/c1-2-21-55(22-3-1)86-87(90-73-33-14-13-32-72(73)89-86)95-78-48-40-58-49-57(37-43-64(58)84(78)69-44-42-61(51-80(69)95)94-76-36-17-11-30-68(76)82-62-25-6-4-19-53(62)38-46-77(82)94)56-23-18-24-59(50-56)85-67-29-8-12-31-71(67)91-88(92-85)96-79-47-39-54-20-5-7-26-63(54)83(79)70-45-41-60(52-81(70)96)93-74-34-15-9-27-65(74)66-28-10-16-35-75(66)93/h1-52H. The van der Waals surface area contributed by atoms with Crippen LogP contribution in [0.15, 0.2) is 315 Å². The topological polar surface area (TPSA) is 71.3 Å². The molecular weight excluding hydrogens is 1170 g/mol. The number of hydrogen-bond acceptors (Lipinski definition) is 4. The van der Waals surface area contributed by atoms with Crippen LogP contribution in [0.3, 0.4) is 0 Å². The Morgan fingerprint density at radius 2 is 0.646 bits per heavy atom. The average Bonchev–Trinajstić information content (AvgIpc) is 1.56. The second-order valence-corrected chi connectivity index (χ2v) is 25.3. The molecule has 0 saturated heterocycles. The second kappa shape index (κ2) is 20.2. The van der Waals surface area contributed by atoms with Crippen molar-refractivity contribution in [1.29, 1.82) is 0 Å². The van der Waals surface area contributed by atoms with Crippen LogP contribution >= 0.6 is 0 Å². The van der Waals surface area contributed by atoms with Gasteiger partial charge in [-0.25, -0.2) is 19.9 Å². The molecule has 8 nitrogen and oxygen atoms in total. The number of para-hydroxylation sites is 6. The zero-order chi connectivity index (χ0) is 62.7. The van der Waals surface area contributed by atoms with E-state index in [1.807, 2.05) is 12.1 Å². The molecule has 8 heteroatoms. The van der Waals surface area contributed by atoms with Gasteiger partial charge in [0.05, 0.1) is 66.4 Å². The van der Waals surface area contributed by atoms with E-state index in [0.29, 0.717) is 5.95 Å². The zero-order valence-corrected chi connectivity index (χ0v) is 51.6. The van der Waals surface area contributed by atoms with Crippen molar-refractivity contribution in [3.05, 3.63) is 315 Å². The highest BCUT2D eigenvalue weighted by Crippen LogP contribution is 2.45. The Hall–Kier alpha value is -13.0. The first kappa shape index (κ1) is 52.6. The Bertz CT molecular complexity index is 6850. The van der Waals surface area contributed by atoms with Gasteiger partial charge in [-0.3, -0.25) is 9.13 Å². The fraction of sp³-hybridized carbons (Fsp3) is 0. The number of fused-ring (bicyclic) bond motifs is 20. The number of nitrogens with zero attached hydrogens (tertiary/aromatic N) is 8. The van der Waals surface area contributed by atoms with Crippen molar-refractivity contribution in [2.24, 2.45) is 0 Å². The largest absolute Gasteiger partial charge is 0.309 e. The van der Waals surface area contributed by atoms with Crippen LogP contribution in [-0.2, 0) is 0 Å². The minimum absolute atomic E-state index is 0.610. The lowest BCUT2D eigenvalue weighted by Crippen LogP contribution is -2.04. The molecule has 6 aromatic heterocycles. The maximum atomic E-state index is 5.70. The minimum atomic E-state index is 0.610. The van der Waals surface area contributed by atoms with E-state index in [0.717, 1.165) is 144 Å². The Morgan fingerprint density at radius 3 is 1.31 bits per heavy atom. The van der Waals surface area contributed by atoms with Gasteiger partial charge in [-0.05, 0) is 134 Å². The van der Waals surface area contributed by atoms with Crippen LogP contribution < -0.4 is 0 Å². The van der Waals surface area contributed by atoms with Gasteiger partial charge in [0.1, 0.15) is 5.69 Å². The smallest absolute Gasteiger partial charge is 0.235 e. The van der Waals surface area contributed by atoms with Crippen molar-refractivity contribution >= 4 is 141 Å². The normalized spacial score (nSPS) is 12.2. The van der Waals surface area contributed by atoms with Gasteiger partial charge in [0.2, 0.25) is 5.95 Å². The van der Waals surface area contributed by atoms with E-state index in [4.69, 9.17) is 19.9 Å². The summed E-state index contributed by atoms with van der Waals surface area (Å²) in [5.41, 5.74) is 19.3. The molecule has 6 heterocycles. The van der Waals surface area contributed by atoms with E-state index >= 15 is 0 Å². The number of rotatable bonds is 7. The van der Waals surface area contributed by atoms with E-state index in [2.05, 4.69) is 322 Å². The first-order valence-corrected chi connectivity index (χ1v) is 32.7. The van der Waals surface area contributed by atoms with E-state index < -0.39 is 0 Å². The molecule has 0 amide bonds. The van der Waals surface area contributed by atoms with Gasteiger partial charge in [-0.2, -0.15) is 0 Å². The summed E-state index contributed by atoms with van der Waals surface area (Å²) in [5, 5.41) is 17.6. The maximum Gasteiger partial charge on any atom is 0.235 e. The molecule has 0 spiro atoms. The summed E-state index contributed by atoms with van der Waals surface area (Å²) in [6.07, 6.45) is 0. The zero-order valence-electron chi connectivity index (χ0n) is 51.6. The van der Waals surface area contributed by atoms with Gasteiger partial charge in [0, 0.05) is 71.0 Å². The molecule has 15 aromatic carbocycles. The molecule has 96 heavy (non-hydrogen) atoms. The number of aromatic nitrogens is 8. The van der Waals surface area contributed by atoms with Crippen LogP contribution in [-0.4, -0.2) is 38.2 Å². The van der Waals surface area contributed by atoms with E-state index in [1.54, 1.807) is 0 Å². The van der Waals surface area contributed by atoms with Crippen molar-refractivity contribution in [2.75, 3.05) is 0 Å². The molecule has 0 bridgehead atoms. The molecule has 0 radical (unpaired) electrons. The van der Waals surface area contributed by atoms with Crippen molar-refractivity contribution in [2.45, 2.75) is 0 Å². The minimum Gasteiger partial charge on any atom is -0.309 e. The van der Waals surface area contributed by atoms with Crippen molar-refractivity contribution in [3.63, 3.8) is 0 Å². The Labute approximate surface area is 548 Å². The summed E-state index contributed by atoms with van der Waals surface area (Å²) in [4.78, 5) is 22.2. The third-order valence-corrected chi connectivity index (χ3v) is 20.1. The monoisotopic (exact) mass is 1220 g/mol. The summed E-state index contributed by atoms with van der Waals surface area (Å²) in [6, 6.07) is 114. The summed E-state index contributed by atoms with van der Waals surface area (Å²) < 4.78 is 9.48. The van der Waals surface area contributed by atoms with Gasteiger partial charge in [0.15, 0.2) is 5.82 Å². The van der Waals surface area contributed by atoms with Crippen LogP contribution in [0.2, 0.25) is 0 Å². The predicted molar refractivity (Wildman–Crippen MR) is 399 cm³/mol. The third-order valence-electron chi connectivity index (χ3n) is 20.1. The Balaban J connectivity index is 0.748. The van der Waals surface area contributed by atoms with Gasteiger partial charge < -0.3 is 9.13 Å². The van der Waals surface area contributed by atoms with Crippen molar-refractivity contribution in [1.82, 2.24) is 38.2 Å². The van der Waals surface area contributed by atoms with Crippen molar-refractivity contribution < 1.29 is 0 Å². The summed E-state index contributed by atoms with van der Waals surface area (Å²) in [6.45, 7) is 0. The highest BCUT2D eigenvalue weighted by Gasteiger charge is 2.25. The SMILES string of the molecule is c1ccc(-c2nc3ccccc3nc2-n2c3cc(-n4c5ccccc5c5c6ccccc6ccc54)ccc3c3c4ccc(-c5cccc(-c6nc(-n7c8cc(-n9c%10ccccc%10c%10ccccc%109)ccc8c8c9ccccc9ccc87)nc7ccccc67)c5)cc4ccc32)cc1. The molecule has 0 fully saturated rings. The lowest BCUT2D eigenvalue weighted by Gasteiger charge is -2.15. The van der Waals surface area contributed by atoms with Gasteiger partial charge >= 0.3 is 0 Å². The molecule has 0 saturated carbocycles. The van der Waals surface area contributed by atoms with Crippen LogP contribution in [0, 0.1) is 0 Å². The van der Waals surface area contributed by atoms with Crippen LogP contribution in [0.4, 0.5) is 0 Å². The molecule has 0 aliphatic rings. The lowest BCUT2D eigenvalue weighted by atomic mass is 9.96. The molecule has 0 N–H and O–H groups in total. The van der Waals surface area contributed by atoms with Gasteiger partial charge in [-0.1, -0.05) is 224 Å². The number of benzene rings is 15. The molecule has 0 atom stereocenters. The van der Waals surface area contributed by atoms with E-state index in [-0.39, 0.29) is 0 Å². The fourth-order valence-electron chi connectivity index (χ4n) is 15.9. The lowest BCUT2D eigenvalue weighted by molar-refractivity contribution is 1.01. The quantitative estimate of drug-likeness (QED) is 0.159. The maximum absolute atomic E-state index is 5.70. The third kappa shape index (κ3) is 7.66. The number of hydrogen-bond donors (Lipinski definition) is 0. The first-order chi connectivity index (χ1) is 47.6. The molecule has 21 aromatic rings. The molecule has 0 aliphatic heterocycles. The average molecular weight is 1220 g/mol. The summed E-state index contributed by atoms with van der Waals surface area (Å²) >= 11 is 0. The van der Waals surface area contributed by atoms with Crippen LogP contribution in [0.1, 0.15) is 0 Å². The molecule has 0 unspecified atom stereocenters. The van der Waals surface area contributed by atoms with E-state index in [1.165, 1.54) is 48.5 Å². The molecule has 0 aliphatic carbocycles. The van der Waals surface area contributed by atoms with Crippen molar-refractivity contribution in [3.8, 4) is 56.8 Å². The summed E-state index contributed by atoms with van der Waals surface area (Å²) in [7, 11) is 0. The van der Waals surface area contributed by atoms with Crippen LogP contribution in [0.5, 0.6) is 0 Å². The highest BCUT2D eigenvalue weighted by molar-refractivity contribution is 6.25. The Kier molecular flexibility index (Phi) is 11.1. The summed E-state index contributed by atoms with van der Waals surface area (Å²) in [5.74, 6) is 1.38. The molecule has 444 valence electrons. The Morgan fingerprint density at radius 1 is 0.198 bits per heavy atom. The molecule has 21 rings (SSSR count). The van der Waals surface area contributed by atoms with Crippen LogP contribution in [0.25, 0.3) is 198 Å². The highest BCUT2D eigenvalue weighted by atomic mass is 15.2. The predicted octanol–water partition coefficient (Wildman–Crippen LogP) is 22.4. The van der Waals surface area contributed by atoms with Gasteiger partial charge in [0.25, 0.3) is 0 Å². The fourth-order valence-corrected chi connectivity index (χ4v) is 15.9.